The summed E-state index contributed by atoms with van der Waals surface area (Å²) in [6.45, 7) is 9.84. The number of hydrogen-bond donors (Lipinski definition) is 1. The van der Waals surface area contributed by atoms with E-state index in [2.05, 4.69) is 26.5 Å². The first-order valence-electron chi connectivity index (χ1n) is 3.92. The summed E-state index contributed by atoms with van der Waals surface area (Å²) in [6, 6.07) is 0. The van der Waals surface area contributed by atoms with E-state index in [-0.39, 0.29) is 4.75 Å². The largest absolute Gasteiger partial charge is 0.277 e. The zero-order valence-electron chi connectivity index (χ0n) is 8.00. The Bertz CT molecular complexity index is 202. The van der Waals surface area contributed by atoms with Gasteiger partial charge in [-0.1, -0.05) is 42.8 Å². The fraction of sp³-hybridized carbons (Fsp3) is 0.400. The van der Waals surface area contributed by atoms with Crippen molar-refractivity contribution in [2.24, 2.45) is 5.14 Å². The van der Waals surface area contributed by atoms with E-state index in [0.29, 0.717) is 0 Å². The standard InChI is InChI=1S/C10H17NS/c1-5-7-9(8-6-2)10(3,4)12-11/h5-8H,1,11H2,2-4H3/b8-6-,9-7+. The predicted octanol–water partition coefficient (Wildman–Crippen LogP) is 3.06. The number of nitrogens with two attached hydrogens (primary N) is 1. The molecule has 1 nitrogen and oxygen atoms in total. The maximum absolute atomic E-state index is 5.58. The van der Waals surface area contributed by atoms with E-state index in [9.17, 15) is 0 Å². The van der Waals surface area contributed by atoms with E-state index in [4.69, 9.17) is 5.14 Å². The lowest BCUT2D eigenvalue weighted by Gasteiger charge is -2.22. The lowest BCUT2D eigenvalue weighted by Crippen LogP contribution is -2.19. The molecule has 2 heteroatoms. The molecule has 0 fully saturated rings. The molecule has 0 saturated carbocycles. The smallest absolute Gasteiger partial charge is 0.0494 e. The number of hydrogen-bond acceptors (Lipinski definition) is 2. The third-order valence-electron chi connectivity index (χ3n) is 1.63. The monoisotopic (exact) mass is 183 g/mol. The first-order valence-corrected chi connectivity index (χ1v) is 4.80. The van der Waals surface area contributed by atoms with Gasteiger partial charge in [-0.2, -0.15) is 0 Å². The van der Waals surface area contributed by atoms with Gasteiger partial charge >= 0.3 is 0 Å². The molecule has 0 bridgehead atoms. The average Bonchev–Trinajstić information content (AvgIpc) is 2.04. The molecule has 0 rings (SSSR count). The highest BCUT2D eigenvalue weighted by Gasteiger charge is 2.19. The van der Waals surface area contributed by atoms with Crippen LogP contribution in [0.4, 0.5) is 0 Å². The highest BCUT2D eigenvalue weighted by Crippen LogP contribution is 2.28. The van der Waals surface area contributed by atoms with Gasteiger partial charge in [0.05, 0.1) is 0 Å². The Morgan fingerprint density at radius 1 is 1.50 bits per heavy atom. The molecule has 0 amide bonds. The summed E-state index contributed by atoms with van der Waals surface area (Å²) in [4.78, 5) is 0. The van der Waals surface area contributed by atoms with Gasteiger partial charge in [-0.15, -0.1) is 0 Å². The summed E-state index contributed by atoms with van der Waals surface area (Å²) >= 11 is 1.35. The minimum absolute atomic E-state index is 0.0410. The van der Waals surface area contributed by atoms with Gasteiger partial charge in [-0.3, -0.25) is 5.14 Å². The molecule has 0 aromatic carbocycles. The van der Waals surface area contributed by atoms with Gasteiger partial charge < -0.3 is 0 Å². The van der Waals surface area contributed by atoms with Gasteiger partial charge in [0.2, 0.25) is 0 Å². The van der Waals surface area contributed by atoms with Gasteiger partial charge in [0, 0.05) is 4.75 Å². The Morgan fingerprint density at radius 3 is 2.42 bits per heavy atom. The van der Waals surface area contributed by atoms with E-state index in [1.165, 1.54) is 17.5 Å². The zero-order chi connectivity index (χ0) is 9.61. The zero-order valence-corrected chi connectivity index (χ0v) is 8.82. The summed E-state index contributed by atoms with van der Waals surface area (Å²) < 4.78 is -0.0410. The molecule has 0 heterocycles. The van der Waals surface area contributed by atoms with Crippen LogP contribution < -0.4 is 5.14 Å². The van der Waals surface area contributed by atoms with Crippen LogP contribution in [0.15, 0.2) is 36.5 Å². The first kappa shape index (κ1) is 11.5. The van der Waals surface area contributed by atoms with E-state index in [1.807, 2.05) is 19.1 Å². The van der Waals surface area contributed by atoms with Crippen molar-refractivity contribution in [2.75, 3.05) is 0 Å². The fourth-order valence-electron chi connectivity index (χ4n) is 0.831. The van der Waals surface area contributed by atoms with Gasteiger partial charge in [0.25, 0.3) is 0 Å². The molecule has 0 atom stereocenters. The summed E-state index contributed by atoms with van der Waals surface area (Å²) in [6.07, 6.45) is 7.84. The van der Waals surface area contributed by atoms with E-state index in [0.717, 1.165) is 0 Å². The summed E-state index contributed by atoms with van der Waals surface area (Å²) in [5.74, 6) is 0. The molecular weight excluding hydrogens is 166 g/mol. The molecule has 68 valence electrons. The molecule has 0 unspecified atom stereocenters. The maximum Gasteiger partial charge on any atom is 0.0494 e. The quantitative estimate of drug-likeness (QED) is 0.535. The molecule has 2 N–H and O–H groups in total. The van der Waals surface area contributed by atoms with E-state index < -0.39 is 0 Å². The summed E-state index contributed by atoms with van der Waals surface area (Å²) in [5.41, 5.74) is 1.19. The molecule has 0 radical (unpaired) electrons. The molecular formula is C10H17NS. The SMILES string of the molecule is C=C/C=C(\C=C/C)C(C)(C)SN. The van der Waals surface area contributed by atoms with Crippen molar-refractivity contribution in [1.29, 1.82) is 0 Å². The molecule has 0 aliphatic rings. The van der Waals surface area contributed by atoms with Crippen LogP contribution in [0.25, 0.3) is 0 Å². The molecule has 0 aliphatic carbocycles. The van der Waals surface area contributed by atoms with Crippen molar-refractivity contribution >= 4 is 11.9 Å². The molecule has 12 heavy (non-hydrogen) atoms. The van der Waals surface area contributed by atoms with Crippen molar-refractivity contribution in [3.05, 3.63) is 36.5 Å². The number of rotatable bonds is 4. The van der Waals surface area contributed by atoms with Crippen LogP contribution in [-0.4, -0.2) is 4.75 Å². The Balaban J connectivity index is 4.73. The lowest BCUT2D eigenvalue weighted by molar-refractivity contribution is 0.857. The molecule has 0 aromatic heterocycles. The highest BCUT2D eigenvalue weighted by molar-refractivity contribution is 7.98. The fourth-order valence-corrected chi connectivity index (χ4v) is 1.10. The maximum atomic E-state index is 5.58. The Hall–Kier alpha value is -0.470. The van der Waals surface area contributed by atoms with Gasteiger partial charge in [0.1, 0.15) is 0 Å². The minimum Gasteiger partial charge on any atom is -0.277 e. The van der Waals surface area contributed by atoms with Crippen molar-refractivity contribution < 1.29 is 0 Å². The Morgan fingerprint density at radius 2 is 2.08 bits per heavy atom. The normalized spacial score (nSPS) is 13.8. The number of allylic oxidation sites excluding steroid dienone is 4. The van der Waals surface area contributed by atoms with Crippen LogP contribution in [0.1, 0.15) is 20.8 Å². The van der Waals surface area contributed by atoms with Crippen molar-refractivity contribution in [1.82, 2.24) is 0 Å². The second-order valence-electron chi connectivity index (χ2n) is 2.99. The van der Waals surface area contributed by atoms with Crippen molar-refractivity contribution in [3.63, 3.8) is 0 Å². The topological polar surface area (TPSA) is 26.0 Å². The highest BCUT2D eigenvalue weighted by atomic mass is 32.2. The van der Waals surface area contributed by atoms with Crippen LogP contribution in [-0.2, 0) is 0 Å². The van der Waals surface area contributed by atoms with Gasteiger partial charge in [-0.25, -0.2) is 0 Å². The van der Waals surface area contributed by atoms with Crippen LogP contribution in [0.5, 0.6) is 0 Å². The van der Waals surface area contributed by atoms with Gasteiger partial charge in [-0.05, 0) is 26.3 Å². The Kier molecular flexibility index (Phi) is 5.02. The van der Waals surface area contributed by atoms with Crippen LogP contribution >= 0.6 is 11.9 Å². The van der Waals surface area contributed by atoms with Gasteiger partial charge in [0.15, 0.2) is 0 Å². The third-order valence-corrected chi connectivity index (χ3v) is 2.46. The van der Waals surface area contributed by atoms with E-state index >= 15 is 0 Å². The summed E-state index contributed by atoms with van der Waals surface area (Å²) in [5, 5.41) is 5.58. The third kappa shape index (κ3) is 3.28. The predicted molar refractivity (Wildman–Crippen MR) is 59.0 cm³/mol. The molecule has 0 aliphatic heterocycles. The minimum atomic E-state index is -0.0410. The van der Waals surface area contributed by atoms with Crippen LogP contribution in [0.2, 0.25) is 0 Å². The van der Waals surface area contributed by atoms with Crippen LogP contribution in [0, 0.1) is 0 Å². The first-order chi connectivity index (χ1) is 5.58. The molecule has 0 spiro atoms. The second-order valence-corrected chi connectivity index (χ2v) is 4.24. The second kappa shape index (κ2) is 5.22. The lowest BCUT2D eigenvalue weighted by atomic mass is 10.0. The summed E-state index contributed by atoms with van der Waals surface area (Å²) in [7, 11) is 0. The van der Waals surface area contributed by atoms with Crippen molar-refractivity contribution in [2.45, 2.75) is 25.5 Å². The Labute approximate surface area is 79.6 Å². The van der Waals surface area contributed by atoms with Crippen molar-refractivity contribution in [3.8, 4) is 0 Å². The average molecular weight is 183 g/mol. The van der Waals surface area contributed by atoms with E-state index in [1.54, 1.807) is 6.08 Å². The molecule has 0 saturated heterocycles. The molecule has 0 aromatic rings. The van der Waals surface area contributed by atoms with Crippen LogP contribution in [0.3, 0.4) is 0 Å².